The van der Waals surface area contributed by atoms with Gasteiger partial charge in [0.15, 0.2) is 0 Å². The zero-order chi connectivity index (χ0) is 21.0. The van der Waals surface area contributed by atoms with E-state index in [1.54, 1.807) is 41.3 Å². The molecule has 2 amide bonds. The molecule has 7 heteroatoms. The van der Waals surface area contributed by atoms with E-state index in [-0.39, 0.29) is 17.9 Å². The van der Waals surface area contributed by atoms with Gasteiger partial charge in [-0.3, -0.25) is 9.59 Å². The average molecular weight is 435 g/mol. The second kappa shape index (κ2) is 9.61. The van der Waals surface area contributed by atoms with Gasteiger partial charge in [0.2, 0.25) is 0 Å². The Kier molecular flexibility index (Phi) is 7.17. The molecule has 1 unspecified atom stereocenters. The van der Waals surface area contributed by atoms with Gasteiger partial charge in [0.25, 0.3) is 11.8 Å². The first kappa shape index (κ1) is 21.6. The van der Waals surface area contributed by atoms with Gasteiger partial charge in [0.05, 0.1) is 10.0 Å². The first-order chi connectivity index (χ1) is 13.8. The fourth-order valence-electron chi connectivity index (χ4n) is 3.23. The van der Waals surface area contributed by atoms with Crippen molar-refractivity contribution < 1.29 is 14.3 Å². The van der Waals surface area contributed by atoms with Crippen molar-refractivity contribution in [2.75, 3.05) is 11.9 Å². The van der Waals surface area contributed by atoms with Crippen molar-refractivity contribution >= 4 is 40.7 Å². The zero-order valence-electron chi connectivity index (χ0n) is 16.5. The van der Waals surface area contributed by atoms with E-state index in [0.29, 0.717) is 34.4 Å². The molecule has 1 aliphatic heterocycles. The molecule has 0 aliphatic carbocycles. The molecule has 0 spiro atoms. The molecule has 2 aromatic rings. The highest BCUT2D eigenvalue weighted by Gasteiger charge is 2.24. The molecule has 1 fully saturated rings. The number of anilines is 1. The fraction of sp³-hybridized carbons (Fsp3) is 0.364. The predicted molar refractivity (Wildman–Crippen MR) is 116 cm³/mol. The van der Waals surface area contributed by atoms with Crippen LogP contribution in [0.1, 0.15) is 42.6 Å². The SMILES string of the molecule is CC(C)N(Cc1ccc(Cl)c(Cl)c1)C(=O)c1cccc(NC(=O)C2CCCO2)c1. The van der Waals surface area contributed by atoms with Gasteiger partial charge in [-0.15, -0.1) is 0 Å². The quantitative estimate of drug-likeness (QED) is 0.682. The van der Waals surface area contributed by atoms with E-state index in [9.17, 15) is 9.59 Å². The predicted octanol–water partition coefficient (Wildman–Crippen LogP) is 5.16. The molecule has 29 heavy (non-hydrogen) atoms. The Bertz CT molecular complexity index is 895. The number of nitrogens with zero attached hydrogens (tertiary/aromatic N) is 1. The van der Waals surface area contributed by atoms with Crippen LogP contribution in [0.25, 0.3) is 0 Å². The van der Waals surface area contributed by atoms with Crippen LogP contribution in [0.3, 0.4) is 0 Å². The van der Waals surface area contributed by atoms with Gasteiger partial charge in [-0.1, -0.05) is 35.3 Å². The molecular formula is C22H24Cl2N2O3. The van der Waals surface area contributed by atoms with Crippen LogP contribution in [-0.4, -0.2) is 35.5 Å². The largest absolute Gasteiger partial charge is 0.368 e. The Morgan fingerprint density at radius 1 is 1.17 bits per heavy atom. The van der Waals surface area contributed by atoms with Gasteiger partial charge < -0.3 is 15.0 Å². The second-order valence-corrected chi connectivity index (χ2v) is 8.16. The molecule has 0 saturated carbocycles. The van der Waals surface area contributed by atoms with E-state index in [1.165, 1.54) is 0 Å². The molecular weight excluding hydrogens is 411 g/mol. The van der Waals surface area contributed by atoms with E-state index < -0.39 is 6.10 Å². The lowest BCUT2D eigenvalue weighted by atomic mass is 10.1. The molecule has 1 atom stereocenters. The average Bonchev–Trinajstić information content (AvgIpc) is 3.23. The number of carbonyl (C=O) groups is 2. The summed E-state index contributed by atoms with van der Waals surface area (Å²) in [5.41, 5.74) is 1.97. The lowest BCUT2D eigenvalue weighted by Crippen LogP contribution is -2.36. The maximum atomic E-state index is 13.2. The molecule has 1 N–H and O–H groups in total. The first-order valence-corrected chi connectivity index (χ1v) is 10.4. The van der Waals surface area contributed by atoms with Crippen molar-refractivity contribution in [2.24, 2.45) is 0 Å². The third-order valence-electron chi connectivity index (χ3n) is 4.82. The third kappa shape index (κ3) is 5.50. The topological polar surface area (TPSA) is 58.6 Å². The number of rotatable bonds is 6. The number of benzene rings is 2. The maximum absolute atomic E-state index is 13.2. The highest BCUT2D eigenvalue weighted by molar-refractivity contribution is 6.42. The summed E-state index contributed by atoms with van der Waals surface area (Å²) >= 11 is 12.1. The summed E-state index contributed by atoms with van der Waals surface area (Å²) in [4.78, 5) is 27.2. The fourth-order valence-corrected chi connectivity index (χ4v) is 3.55. The Morgan fingerprint density at radius 3 is 2.62 bits per heavy atom. The van der Waals surface area contributed by atoms with Crippen LogP contribution in [0, 0.1) is 0 Å². The molecule has 0 radical (unpaired) electrons. The third-order valence-corrected chi connectivity index (χ3v) is 5.56. The van der Waals surface area contributed by atoms with Gasteiger partial charge in [0.1, 0.15) is 6.10 Å². The molecule has 3 rings (SSSR count). The van der Waals surface area contributed by atoms with Crippen molar-refractivity contribution in [3.8, 4) is 0 Å². The molecule has 154 valence electrons. The number of hydrogen-bond acceptors (Lipinski definition) is 3. The van der Waals surface area contributed by atoms with Crippen molar-refractivity contribution in [2.45, 2.75) is 45.4 Å². The Morgan fingerprint density at radius 2 is 1.97 bits per heavy atom. The van der Waals surface area contributed by atoms with E-state index in [1.807, 2.05) is 19.9 Å². The number of ether oxygens (including phenoxy) is 1. The van der Waals surface area contributed by atoms with E-state index >= 15 is 0 Å². The minimum atomic E-state index is -0.420. The highest BCUT2D eigenvalue weighted by Crippen LogP contribution is 2.24. The van der Waals surface area contributed by atoms with E-state index in [0.717, 1.165) is 18.4 Å². The van der Waals surface area contributed by atoms with Crippen molar-refractivity contribution in [1.82, 2.24) is 4.90 Å². The lowest BCUT2D eigenvalue weighted by Gasteiger charge is -2.27. The Hall–Kier alpha value is -2.08. The number of carbonyl (C=O) groups excluding carboxylic acids is 2. The van der Waals surface area contributed by atoms with Crippen LogP contribution in [0.5, 0.6) is 0 Å². The Labute approximate surface area is 180 Å². The first-order valence-electron chi connectivity index (χ1n) is 9.62. The van der Waals surface area contributed by atoms with Gasteiger partial charge in [-0.2, -0.15) is 0 Å². The zero-order valence-corrected chi connectivity index (χ0v) is 18.0. The van der Waals surface area contributed by atoms with Crippen molar-refractivity contribution in [1.29, 1.82) is 0 Å². The highest BCUT2D eigenvalue weighted by atomic mass is 35.5. The van der Waals surface area contributed by atoms with Crippen LogP contribution in [-0.2, 0) is 16.1 Å². The molecule has 2 aromatic carbocycles. The molecule has 0 bridgehead atoms. The monoisotopic (exact) mass is 434 g/mol. The number of amides is 2. The van der Waals surface area contributed by atoms with Crippen LogP contribution < -0.4 is 5.32 Å². The number of hydrogen-bond donors (Lipinski definition) is 1. The van der Waals surface area contributed by atoms with Gasteiger partial charge in [-0.25, -0.2) is 0 Å². The molecule has 0 aromatic heterocycles. The summed E-state index contributed by atoms with van der Waals surface area (Å²) in [6.45, 7) is 4.92. The normalized spacial score (nSPS) is 16.1. The van der Waals surface area contributed by atoms with Gasteiger partial charge in [0, 0.05) is 30.4 Å². The smallest absolute Gasteiger partial charge is 0.254 e. The van der Waals surface area contributed by atoms with Crippen LogP contribution in [0.2, 0.25) is 10.0 Å². The van der Waals surface area contributed by atoms with Crippen LogP contribution in [0.15, 0.2) is 42.5 Å². The standard InChI is InChI=1S/C22H24Cl2N2O3/c1-14(2)26(13-15-8-9-18(23)19(24)11-15)22(28)16-5-3-6-17(12-16)25-21(27)20-7-4-10-29-20/h3,5-6,8-9,11-12,14,20H,4,7,10,13H2,1-2H3,(H,25,27). The Balaban J connectivity index is 1.75. The van der Waals surface area contributed by atoms with Crippen LogP contribution >= 0.6 is 23.2 Å². The summed E-state index contributed by atoms with van der Waals surface area (Å²) < 4.78 is 5.41. The molecule has 1 heterocycles. The lowest BCUT2D eigenvalue weighted by molar-refractivity contribution is -0.124. The van der Waals surface area contributed by atoms with Crippen LogP contribution in [0.4, 0.5) is 5.69 Å². The van der Waals surface area contributed by atoms with Crippen molar-refractivity contribution in [3.63, 3.8) is 0 Å². The molecule has 1 aliphatic rings. The summed E-state index contributed by atoms with van der Waals surface area (Å²) in [6, 6.07) is 12.3. The summed E-state index contributed by atoms with van der Waals surface area (Å²) in [7, 11) is 0. The maximum Gasteiger partial charge on any atom is 0.254 e. The minimum Gasteiger partial charge on any atom is -0.368 e. The second-order valence-electron chi connectivity index (χ2n) is 7.35. The molecule has 5 nitrogen and oxygen atoms in total. The molecule has 1 saturated heterocycles. The summed E-state index contributed by atoms with van der Waals surface area (Å²) in [6.07, 6.45) is 1.18. The van der Waals surface area contributed by atoms with E-state index in [4.69, 9.17) is 27.9 Å². The number of halogens is 2. The summed E-state index contributed by atoms with van der Waals surface area (Å²) in [5, 5.41) is 3.78. The van der Waals surface area contributed by atoms with E-state index in [2.05, 4.69) is 5.32 Å². The minimum absolute atomic E-state index is 0.0258. The number of nitrogens with one attached hydrogen (secondary N) is 1. The summed E-state index contributed by atoms with van der Waals surface area (Å²) in [5.74, 6) is -0.303. The van der Waals surface area contributed by atoms with Gasteiger partial charge >= 0.3 is 0 Å². The van der Waals surface area contributed by atoms with Gasteiger partial charge in [-0.05, 0) is 62.6 Å². The van der Waals surface area contributed by atoms with Crippen molar-refractivity contribution in [3.05, 3.63) is 63.6 Å².